The topological polar surface area (TPSA) is 23.6 Å². The molecule has 2 fully saturated rings. The predicted octanol–water partition coefficient (Wildman–Crippen LogP) is 3.41. The summed E-state index contributed by atoms with van der Waals surface area (Å²) in [6.07, 6.45) is 4.81. The molecule has 0 N–H and O–H groups in total. The molecule has 0 aliphatic carbocycles. The smallest absolute Gasteiger partial charge is 0.253 e. The first-order valence-corrected chi connectivity index (χ1v) is 8.89. The van der Waals surface area contributed by atoms with Gasteiger partial charge >= 0.3 is 0 Å². The molecule has 0 atom stereocenters. The fourth-order valence-corrected chi connectivity index (χ4v) is 3.70. The van der Waals surface area contributed by atoms with Crippen LogP contribution >= 0.6 is 0 Å². The fraction of sp³-hybridized carbons (Fsp3) is 0.632. The number of carbonyl (C=O) groups excluding carboxylic acids is 1. The zero-order chi connectivity index (χ0) is 16.2. The quantitative estimate of drug-likeness (QED) is 0.853. The molecule has 0 aromatic heterocycles. The Kier molecular flexibility index (Phi) is 5.31. The standard InChI is InChI=1S/C19H27FN2O/c1-15-6-10-21(11-7-15)14-16-8-12-22(13-9-16)19(23)17-2-4-18(20)5-3-17/h2-5,15-16H,6-14H2,1H3. The highest BCUT2D eigenvalue weighted by molar-refractivity contribution is 5.94. The number of halogens is 1. The number of piperidine rings is 2. The van der Waals surface area contributed by atoms with Crippen molar-refractivity contribution in [1.29, 1.82) is 0 Å². The molecular weight excluding hydrogens is 291 g/mol. The van der Waals surface area contributed by atoms with Crippen molar-refractivity contribution in [3.63, 3.8) is 0 Å². The van der Waals surface area contributed by atoms with Gasteiger partial charge in [0.05, 0.1) is 0 Å². The molecule has 3 nitrogen and oxygen atoms in total. The molecule has 1 aromatic carbocycles. The minimum Gasteiger partial charge on any atom is -0.339 e. The van der Waals surface area contributed by atoms with E-state index in [2.05, 4.69) is 11.8 Å². The average molecular weight is 318 g/mol. The van der Waals surface area contributed by atoms with E-state index < -0.39 is 0 Å². The summed E-state index contributed by atoms with van der Waals surface area (Å²) in [6.45, 7) is 7.64. The third-order valence-corrected chi connectivity index (χ3v) is 5.39. The molecule has 23 heavy (non-hydrogen) atoms. The average Bonchev–Trinajstić information content (AvgIpc) is 2.58. The molecule has 2 aliphatic rings. The molecule has 126 valence electrons. The van der Waals surface area contributed by atoms with Crippen LogP contribution < -0.4 is 0 Å². The van der Waals surface area contributed by atoms with E-state index in [0.717, 1.165) is 31.8 Å². The summed E-state index contributed by atoms with van der Waals surface area (Å²) in [5, 5.41) is 0. The maximum Gasteiger partial charge on any atom is 0.253 e. The molecule has 2 heterocycles. The number of carbonyl (C=O) groups is 1. The van der Waals surface area contributed by atoms with Crippen LogP contribution in [0.1, 0.15) is 43.0 Å². The summed E-state index contributed by atoms with van der Waals surface area (Å²) in [4.78, 5) is 17.0. The molecule has 1 amide bonds. The van der Waals surface area contributed by atoms with E-state index in [4.69, 9.17) is 0 Å². The number of benzene rings is 1. The van der Waals surface area contributed by atoms with Crippen molar-refractivity contribution in [3.8, 4) is 0 Å². The summed E-state index contributed by atoms with van der Waals surface area (Å²) >= 11 is 0. The van der Waals surface area contributed by atoms with Gasteiger partial charge in [-0.2, -0.15) is 0 Å². The molecule has 3 rings (SSSR count). The number of amides is 1. The highest BCUT2D eigenvalue weighted by Crippen LogP contribution is 2.23. The van der Waals surface area contributed by atoms with Gasteiger partial charge in [0.2, 0.25) is 0 Å². The Bertz CT molecular complexity index is 515. The van der Waals surface area contributed by atoms with Gasteiger partial charge < -0.3 is 9.80 Å². The second kappa shape index (κ2) is 7.43. The van der Waals surface area contributed by atoms with Crippen LogP contribution in [-0.4, -0.2) is 48.4 Å². The van der Waals surface area contributed by atoms with Crippen LogP contribution in [0.5, 0.6) is 0 Å². The molecule has 0 unspecified atom stereocenters. The zero-order valence-electron chi connectivity index (χ0n) is 14.0. The summed E-state index contributed by atoms with van der Waals surface area (Å²) in [5.41, 5.74) is 0.592. The van der Waals surface area contributed by atoms with Crippen molar-refractivity contribution in [3.05, 3.63) is 35.6 Å². The van der Waals surface area contributed by atoms with Crippen molar-refractivity contribution >= 4 is 5.91 Å². The van der Waals surface area contributed by atoms with Crippen molar-refractivity contribution in [1.82, 2.24) is 9.80 Å². The van der Waals surface area contributed by atoms with Crippen molar-refractivity contribution in [2.24, 2.45) is 11.8 Å². The largest absolute Gasteiger partial charge is 0.339 e. The third kappa shape index (κ3) is 4.31. The van der Waals surface area contributed by atoms with Gasteiger partial charge in [0, 0.05) is 25.2 Å². The van der Waals surface area contributed by atoms with Gasteiger partial charge in [0.1, 0.15) is 5.82 Å². The van der Waals surface area contributed by atoms with E-state index in [1.807, 2.05) is 4.90 Å². The molecular formula is C19H27FN2O. The minimum absolute atomic E-state index is 0.0373. The van der Waals surface area contributed by atoms with E-state index in [0.29, 0.717) is 11.5 Å². The molecule has 2 aliphatic heterocycles. The Morgan fingerprint density at radius 3 is 2.26 bits per heavy atom. The molecule has 0 saturated carbocycles. The first kappa shape index (κ1) is 16.4. The lowest BCUT2D eigenvalue weighted by Crippen LogP contribution is -2.43. The Balaban J connectivity index is 1.46. The number of hydrogen-bond acceptors (Lipinski definition) is 2. The maximum absolute atomic E-state index is 13.0. The first-order chi connectivity index (χ1) is 11.1. The summed E-state index contributed by atoms with van der Waals surface area (Å²) < 4.78 is 13.0. The number of rotatable bonds is 3. The molecule has 2 saturated heterocycles. The molecule has 0 radical (unpaired) electrons. The van der Waals surface area contributed by atoms with Gasteiger partial charge in [-0.1, -0.05) is 6.92 Å². The van der Waals surface area contributed by atoms with E-state index >= 15 is 0 Å². The molecule has 0 bridgehead atoms. The number of nitrogens with zero attached hydrogens (tertiary/aromatic N) is 2. The molecule has 4 heteroatoms. The predicted molar refractivity (Wildman–Crippen MR) is 89.9 cm³/mol. The minimum atomic E-state index is -0.295. The van der Waals surface area contributed by atoms with Crippen LogP contribution in [-0.2, 0) is 0 Å². The SMILES string of the molecule is CC1CCN(CC2CCN(C(=O)c3ccc(F)cc3)CC2)CC1. The lowest BCUT2D eigenvalue weighted by molar-refractivity contribution is 0.0653. The maximum atomic E-state index is 13.0. The fourth-order valence-electron chi connectivity index (χ4n) is 3.70. The Morgan fingerprint density at radius 1 is 1.04 bits per heavy atom. The van der Waals surface area contributed by atoms with Crippen LogP contribution in [0.2, 0.25) is 0 Å². The molecule has 1 aromatic rings. The van der Waals surface area contributed by atoms with Gasteiger partial charge in [-0.25, -0.2) is 4.39 Å². The lowest BCUT2D eigenvalue weighted by Gasteiger charge is -2.37. The van der Waals surface area contributed by atoms with Crippen molar-refractivity contribution in [2.45, 2.75) is 32.6 Å². The highest BCUT2D eigenvalue weighted by atomic mass is 19.1. The second-order valence-corrected chi connectivity index (χ2v) is 7.23. The zero-order valence-corrected chi connectivity index (χ0v) is 14.0. The van der Waals surface area contributed by atoms with Gasteiger partial charge in [-0.15, -0.1) is 0 Å². The van der Waals surface area contributed by atoms with Gasteiger partial charge in [-0.05, 0) is 74.9 Å². The highest BCUT2D eigenvalue weighted by Gasteiger charge is 2.26. The Hall–Kier alpha value is -1.42. The Morgan fingerprint density at radius 2 is 1.65 bits per heavy atom. The van der Waals surface area contributed by atoms with Crippen LogP contribution in [0.4, 0.5) is 4.39 Å². The number of likely N-dealkylation sites (tertiary alicyclic amines) is 2. The van der Waals surface area contributed by atoms with Crippen molar-refractivity contribution in [2.75, 3.05) is 32.7 Å². The Labute approximate surface area is 138 Å². The van der Waals surface area contributed by atoms with Crippen LogP contribution in [0.3, 0.4) is 0 Å². The van der Waals surface area contributed by atoms with Crippen LogP contribution in [0.15, 0.2) is 24.3 Å². The van der Waals surface area contributed by atoms with E-state index in [1.165, 1.54) is 44.6 Å². The van der Waals surface area contributed by atoms with E-state index in [9.17, 15) is 9.18 Å². The monoisotopic (exact) mass is 318 g/mol. The summed E-state index contributed by atoms with van der Waals surface area (Å²) in [7, 11) is 0. The van der Waals surface area contributed by atoms with Gasteiger partial charge in [0.25, 0.3) is 5.91 Å². The van der Waals surface area contributed by atoms with Crippen LogP contribution in [0.25, 0.3) is 0 Å². The number of hydrogen-bond donors (Lipinski definition) is 0. The molecule has 0 spiro atoms. The van der Waals surface area contributed by atoms with E-state index in [-0.39, 0.29) is 11.7 Å². The lowest BCUT2D eigenvalue weighted by atomic mass is 9.93. The third-order valence-electron chi connectivity index (χ3n) is 5.39. The van der Waals surface area contributed by atoms with Crippen molar-refractivity contribution < 1.29 is 9.18 Å². The second-order valence-electron chi connectivity index (χ2n) is 7.23. The van der Waals surface area contributed by atoms with Gasteiger partial charge in [-0.3, -0.25) is 4.79 Å². The first-order valence-electron chi connectivity index (χ1n) is 8.89. The summed E-state index contributed by atoms with van der Waals surface area (Å²) in [5.74, 6) is 1.33. The van der Waals surface area contributed by atoms with Crippen LogP contribution in [0, 0.1) is 17.7 Å². The normalized spacial score (nSPS) is 21.6. The van der Waals surface area contributed by atoms with Gasteiger partial charge in [0.15, 0.2) is 0 Å². The van der Waals surface area contributed by atoms with E-state index in [1.54, 1.807) is 12.1 Å². The summed E-state index contributed by atoms with van der Waals surface area (Å²) in [6, 6.07) is 5.88.